The molecule has 0 saturated heterocycles. The lowest BCUT2D eigenvalue weighted by molar-refractivity contribution is 0.0697. The zero-order valence-corrected chi connectivity index (χ0v) is 18.5. The largest absolute Gasteiger partial charge is 0.494 e. The molecule has 0 fully saturated rings. The first-order valence-corrected chi connectivity index (χ1v) is 10.4. The van der Waals surface area contributed by atoms with Crippen molar-refractivity contribution in [2.45, 2.75) is 32.6 Å². The van der Waals surface area contributed by atoms with Gasteiger partial charge in [-0.05, 0) is 74.7 Å². The van der Waals surface area contributed by atoms with Crippen LogP contribution < -0.4 is 10.5 Å². The second kappa shape index (κ2) is 14.7. The van der Waals surface area contributed by atoms with Gasteiger partial charge in [0.05, 0.1) is 18.8 Å². The van der Waals surface area contributed by atoms with Crippen LogP contribution in [0.1, 0.15) is 43.0 Å². The van der Waals surface area contributed by atoms with Crippen LogP contribution >= 0.6 is 15.9 Å². The molecule has 0 spiro atoms. The number of carboxylic acids is 1. The third-order valence-electron chi connectivity index (χ3n) is 3.77. The average Bonchev–Trinajstić information content (AvgIpc) is 2.69. The van der Waals surface area contributed by atoms with Gasteiger partial charge in [-0.15, -0.1) is 0 Å². The highest BCUT2D eigenvalue weighted by molar-refractivity contribution is 9.10. The minimum atomic E-state index is -0.921. The van der Waals surface area contributed by atoms with E-state index in [1.807, 2.05) is 31.2 Å². The lowest BCUT2D eigenvalue weighted by Gasteiger charge is -2.07. The van der Waals surface area contributed by atoms with E-state index in [0.29, 0.717) is 19.0 Å². The molecule has 2 rings (SSSR count). The number of halogens is 1. The molecule has 0 aliphatic rings. The van der Waals surface area contributed by atoms with Gasteiger partial charge in [-0.25, -0.2) is 4.79 Å². The number of ether oxygens (including phenoxy) is 2. The monoisotopic (exact) mass is 463 g/mol. The number of aromatic carboxylic acids is 1. The molecule has 0 aliphatic carbocycles. The number of rotatable bonds is 11. The summed E-state index contributed by atoms with van der Waals surface area (Å²) < 4.78 is 12.0. The van der Waals surface area contributed by atoms with Crippen LogP contribution in [0.3, 0.4) is 0 Å². The Kier molecular flexibility index (Phi) is 12.5. The third-order valence-corrected chi connectivity index (χ3v) is 4.30. The van der Waals surface area contributed by atoms with Crippen molar-refractivity contribution in [2.24, 2.45) is 0 Å². The summed E-state index contributed by atoms with van der Waals surface area (Å²) in [6, 6.07) is 14.0. The Morgan fingerprint density at radius 3 is 2.10 bits per heavy atom. The van der Waals surface area contributed by atoms with Gasteiger partial charge < -0.3 is 20.3 Å². The van der Waals surface area contributed by atoms with Crippen molar-refractivity contribution in [1.29, 1.82) is 0 Å². The minimum Gasteiger partial charge on any atom is -0.494 e. The van der Waals surface area contributed by atoms with Gasteiger partial charge in [-0.3, -0.25) is 0 Å². The molecule has 0 atom stereocenters. The SMILES string of the molecule is C=C(C)COCCCCCCOc1ccc(C(=O)O)cc1.Nc1ccc(Br)cc1. The second-order valence-corrected chi connectivity index (χ2v) is 7.57. The molecular weight excluding hydrogens is 434 g/mol. The molecule has 0 aliphatic heterocycles. The highest BCUT2D eigenvalue weighted by atomic mass is 79.9. The normalized spacial score (nSPS) is 10.0. The Bertz CT molecular complexity index is 709. The smallest absolute Gasteiger partial charge is 0.335 e. The number of nitrogen functional groups attached to an aromatic ring is 1. The molecule has 6 heteroatoms. The first-order chi connectivity index (χ1) is 13.9. The summed E-state index contributed by atoms with van der Waals surface area (Å²) >= 11 is 3.29. The summed E-state index contributed by atoms with van der Waals surface area (Å²) in [5, 5.41) is 8.78. The van der Waals surface area contributed by atoms with Crippen LogP contribution in [0.4, 0.5) is 5.69 Å². The maximum absolute atomic E-state index is 10.7. The van der Waals surface area contributed by atoms with Crippen LogP contribution in [0.15, 0.2) is 65.2 Å². The third kappa shape index (κ3) is 12.7. The lowest BCUT2D eigenvalue weighted by atomic mass is 10.2. The van der Waals surface area contributed by atoms with E-state index in [4.69, 9.17) is 20.3 Å². The van der Waals surface area contributed by atoms with Gasteiger partial charge in [0.15, 0.2) is 0 Å². The van der Waals surface area contributed by atoms with Crippen LogP contribution in [0.5, 0.6) is 5.75 Å². The number of nitrogens with two attached hydrogens (primary N) is 1. The predicted octanol–water partition coefficient (Wildman–Crippen LogP) is 5.95. The Morgan fingerprint density at radius 2 is 1.59 bits per heavy atom. The number of unbranched alkanes of at least 4 members (excludes halogenated alkanes) is 3. The van der Waals surface area contributed by atoms with Crippen molar-refractivity contribution in [3.8, 4) is 5.75 Å². The van der Waals surface area contributed by atoms with Gasteiger partial charge >= 0.3 is 5.97 Å². The van der Waals surface area contributed by atoms with Crippen molar-refractivity contribution in [2.75, 3.05) is 25.6 Å². The molecule has 0 aromatic heterocycles. The minimum absolute atomic E-state index is 0.275. The van der Waals surface area contributed by atoms with Crippen molar-refractivity contribution in [3.05, 3.63) is 70.7 Å². The maximum Gasteiger partial charge on any atom is 0.335 e. The fraction of sp³-hybridized carbons (Fsp3) is 0.348. The highest BCUT2D eigenvalue weighted by Crippen LogP contribution is 2.13. The zero-order valence-electron chi connectivity index (χ0n) is 16.9. The average molecular weight is 464 g/mol. The van der Waals surface area contributed by atoms with E-state index in [9.17, 15) is 4.79 Å². The zero-order chi connectivity index (χ0) is 21.5. The van der Waals surface area contributed by atoms with E-state index in [0.717, 1.165) is 48.0 Å². The van der Waals surface area contributed by atoms with Crippen LogP contribution in [0.25, 0.3) is 0 Å². The van der Waals surface area contributed by atoms with Crippen LogP contribution in [-0.2, 0) is 4.74 Å². The Morgan fingerprint density at radius 1 is 1.00 bits per heavy atom. The van der Waals surface area contributed by atoms with Crippen molar-refractivity contribution < 1.29 is 19.4 Å². The molecule has 158 valence electrons. The standard InChI is InChI=1S/C17H24O4.C6H6BrN/c1-14(2)13-20-11-5-3-4-6-12-21-16-9-7-15(8-10-16)17(18)19;7-5-1-3-6(8)4-2-5/h7-10H,1,3-6,11-13H2,2H3,(H,18,19);1-4H,8H2. The summed E-state index contributed by atoms with van der Waals surface area (Å²) in [5.74, 6) is -0.208. The number of anilines is 1. The van der Waals surface area contributed by atoms with Gasteiger partial charge in [-0.1, -0.05) is 34.5 Å². The summed E-state index contributed by atoms with van der Waals surface area (Å²) in [6.07, 6.45) is 4.27. The number of carboxylic acid groups (broad SMARTS) is 1. The maximum atomic E-state index is 10.7. The van der Waals surface area contributed by atoms with E-state index < -0.39 is 5.97 Å². The van der Waals surface area contributed by atoms with E-state index in [-0.39, 0.29) is 5.56 Å². The predicted molar refractivity (Wildman–Crippen MR) is 122 cm³/mol. The first kappa shape index (κ1) is 24.7. The molecular formula is C23H30BrNO4. The number of hydrogen-bond acceptors (Lipinski definition) is 4. The summed E-state index contributed by atoms with van der Waals surface area (Å²) in [4.78, 5) is 10.7. The first-order valence-electron chi connectivity index (χ1n) is 9.58. The van der Waals surface area contributed by atoms with Crippen LogP contribution in [0.2, 0.25) is 0 Å². The topological polar surface area (TPSA) is 81.8 Å². The van der Waals surface area contributed by atoms with Crippen molar-refractivity contribution in [1.82, 2.24) is 0 Å². The molecule has 3 N–H and O–H groups in total. The molecule has 0 saturated carbocycles. The highest BCUT2D eigenvalue weighted by Gasteiger charge is 2.01. The van der Waals surface area contributed by atoms with Gasteiger partial charge in [0.25, 0.3) is 0 Å². The Labute approximate surface area is 181 Å². The molecule has 0 bridgehead atoms. The van der Waals surface area contributed by atoms with Crippen LogP contribution in [-0.4, -0.2) is 30.9 Å². The van der Waals surface area contributed by atoms with Crippen molar-refractivity contribution in [3.63, 3.8) is 0 Å². The molecule has 29 heavy (non-hydrogen) atoms. The fourth-order valence-electron chi connectivity index (χ4n) is 2.25. The van der Waals surface area contributed by atoms with Gasteiger partial charge in [0.2, 0.25) is 0 Å². The molecule has 0 radical (unpaired) electrons. The number of benzene rings is 2. The summed E-state index contributed by atoms with van der Waals surface area (Å²) in [5.41, 5.74) is 7.53. The molecule has 0 unspecified atom stereocenters. The quantitative estimate of drug-likeness (QED) is 0.244. The molecule has 2 aromatic carbocycles. The van der Waals surface area contributed by atoms with Gasteiger partial charge in [0.1, 0.15) is 5.75 Å². The Balaban J connectivity index is 0.000000436. The molecule has 0 amide bonds. The van der Waals surface area contributed by atoms with E-state index in [1.165, 1.54) is 0 Å². The van der Waals surface area contributed by atoms with E-state index in [2.05, 4.69) is 22.5 Å². The molecule has 5 nitrogen and oxygen atoms in total. The van der Waals surface area contributed by atoms with Gasteiger partial charge in [-0.2, -0.15) is 0 Å². The molecule has 2 aromatic rings. The van der Waals surface area contributed by atoms with E-state index >= 15 is 0 Å². The van der Waals surface area contributed by atoms with Crippen LogP contribution in [0, 0.1) is 0 Å². The summed E-state index contributed by atoms with van der Waals surface area (Å²) in [6.45, 7) is 7.82. The van der Waals surface area contributed by atoms with Gasteiger partial charge in [0, 0.05) is 16.8 Å². The number of hydrogen-bond donors (Lipinski definition) is 2. The summed E-state index contributed by atoms with van der Waals surface area (Å²) in [7, 11) is 0. The van der Waals surface area contributed by atoms with E-state index in [1.54, 1.807) is 24.3 Å². The number of carbonyl (C=O) groups is 1. The lowest BCUT2D eigenvalue weighted by Crippen LogP contribution is -2.00. The molecule has 0 heterocycles. The van der Waals surface area contributed by atoms with Crippen molar-refractivity contribution >= 4 is 27.6 Å². The Hall–Kier alpha value is -2.31. The fourth-order valence-corrected chi connectivity index (χ4v) is 2.52. The second-order valence-electron chi connectivity index (χ2n) is 6.65.